The summed E-state index contributed by atoms with van der Waals surface area (Å²) in [6.45, 7) is 0.299. The number of hydrogen-bond donors (Lipinski definition) is 0. The number of pyridine rings is 1. The lowest BCUT2D eigenvalue weighted by Crippen LogP contribution is -1.92. The molecule has 0 saturated heterocycles. The van der Waals surface area contributed by atoms with Gasteiger partial charge >= 0.3 is 0 Å². The quantitative estimate of drug-likeness (QED) is 0.582. The molecule has 1 aliphatic rings. The highest BCUT2D eigenvalue weighted by Gasteiger charge is 2.15. The zero-order valence-electron chi connectivity index (χ0n) is 11.6. The standard InChI is InChI=1S/C18H12INO2/c19-15-10-18-17(21-11-22-18)9-13(15)6-5-12-7-8-20-16-4-2-1-3-14(12)16/h1-10H,11H2/b6-5+. The molecule has 0 saturated carbocycles. The van der Waals surface area contributed by atoms with Crippen LogP contribution in [0, 0.1) is 3.57 Å². The SMILES string of the molecule is Ic1cc2c(cc1/C=C/c1ccnc3ccccc13)OCO2. The molecule has 3 aromatic rings. The van der Waals surface area contributed by atoms with Gasteiger partial charge in [0.2, 0.25) is 6.79 Å². The molecule has 1 aliphatic heterocycles. The van der Waals surface area contributed by atoms with E-state index in [1.54, 1.807) is 0 Å². The van der Waals surface area contributed by atoms with Gasteiger partial charge in [0.25, 0.3) is 0 Å². The molecule has 0 unspecified atom stereocenters. The van der Waals surface area contributed by atoms with E-state index in [1.807, 2.05) is 42.6 Å². The highest BCUT2D eigenvalue weighted by molar-refractivity contribution is 14.1. The van der Waals surface area contributed by atoms with Gasteiger partial charge in [0.1, 0.15) is 0 Å². The summed E-state index contributed by atoms with van der Waals surface area (Å²) in [5, 5.41) is 1.15. The summed E-state index contributed by atoms with van der Waals surface area (Å²) < 4.78 is 12.0. The van der Waals surface area contributed by atoms with Gasteiger partial charge < -0.3 is 9.47 Å². The monoisotopic (exact) mass is 401 g/mol. The molecule has 4 heteroatoms. The van der Waals surface area contributed by atoms with Crippen LogP contribution >= 0.6 is 22.6 Å². The first-order chi connectivity index (χ1) is 10.8. The number of ether oxygens (including phenoxy) is 2. The van der Waals surface area contributed by atoms with Gasteiger partial charge in [0.05, 0.1) is 5.52 Å². The molecule has 0 amide bonds. The van der Waals surface area contributed by atoms with Crippen molar-refractivity contribution in [1.82, 2.24) is 4.98 Å². The Morgan fingerprint density at radius 3 is 2.64 bits per heavy atom. The number of fused-ring (bicyclic) bond motifs is 2. The molecule has 1 aromatic heterocycles. The van der Waals surface area contributed by atoms with E-state index in [9.17, 15) is 0 Å². The number of rotatable bonds is 2. The predicted octanol–water partition coefficient (Wildman–Crippen LogP) is 4.74. The smallest absolute Gasteiger partial charge is 0.231 e. The van der Waals surface area contributed by atoms with Gasteiger partial charge in [-0.3, -0.25) is 4.98 Å². The molecular weight excluding hydrogens is 389 g/mol. The summed E-state index contributed by atoms with van der Waals surface area (Å²) in [4.78, 5) is 4.39. The molecule has 0 radical (unpaired) electrons. The van der Waals surface area contributed by atoms with Crippen LogP contribution in [-0.4, -0.2) is 11.8 Å². The fourth-order valence-corrected chi connectivity index (χ4v) is 3.12. The Balaban J connectivity index is 1.75. The lowest BCUT2D eigenvalue weighted by atomic mass is 10.1. The molecule has 0 N–H and O–H groups in total. The van der Waals surface area contributed by atoms with Crippen LogP contribution in [0.15, 0.2) is 48.7 Å². The van der Waals surface area contributed by atoms with Crippen molar-refractivity contribution in [3.63, 3.8) is 0 Å². The van der Waals surface area contributed by atoms with Crippen LogP contribution in [0.1, 0.15) is 11.1 Å². The molecule has 3 nitrogen and oxygen atoms in total. The molecule has 0 spiro atoms. The molecule has 4 rings (SSSR count). The van der Waals surface area contributed by atoms with E-state index >= 15 is 0 Å². The highest BCUT2D eigenvalue weighted by Crippen LogP contribution is 2.36. The molecule has 2 aromatic carbocycles. The third-order valence-corrected chi connectivity index (χ3v) is 4.55. The molecule has 0 fully saturated rings. The fourth-order valence-electron chi connectivity index (χ4n) is 2.50. The molecule has 0 atom stereocenters. The number of halogens is 1. The average molecular weight is 401 g/mol. The van der Waals surface area contributed by atoms with Crippen molar-refractivity contribution in [3.05, 3.63) is 63.4 Å². The van der Waals surface area contributed by atoms with Crippen molar-refractivity contribution in [1.29, 1.82) is 0 Å². The van der Waals surface area contributed by atoms with Crippen LogP contribution in [0.4, 0.5) is 0 Å². The highest BCUT2D eigenvalue weighted by atomic mass is 127. The Morgan fingerprint density at radius 1 is 0.955 bits per heavy atom. The molecule has 0 bridgehead atoms. The minimum atomic E-state index is 0.299. The maximum Gasteiger partial charge on any atom is 0.231 e. The second kappa shape index (κ2) is 5.61. The molecular formula is C18H12INO2. The maximum absolute atomic E-state index is 5.45. The van der Waals surface area contributed by atoms with E-state index < -0.39 is 0 Å². The van der Waals surface area contributed by atoms with E-state index in [1.165, 1.54) is 0 Å². The number of para-hydroxylation sites is 1. The first-order valence-corrected chi connectivity index (χ1v) is 8.00. The summed E-state index contributed by atoms with van der Waals surface area (Å²) in [5.41, 5.74) is 3.27. The van der Waals surface area contributed by atoms with E-state index in [0.717, 1.165) is 37.1 Å². The number of hydrogen-bond acceptors (Lipinski definition) is 3. The first-order valence-electron chi connectivity index (χ1n) is 6.92. The van der Waals surface area contributed by atoms with Crippen molar-refractivity contribution >= 4 is 45.6 Å². The normalized spacial score (nSPS) is 13.1. The minimum absolute atomic E-state index is 0.299. The van der Waals surface area contributed by atoms with Crippen LogP contribution in [0.2, 0.25) is 0 Å². The number of benzene rings is 2. The van der Waals surface area contributed by atoms with Crippen molar-refractivity contribution in [2.45, 2.75) is 0 Å². The summed E-state index contributed by atoms with van der Waals surface area (Å²) in [5.74, 6) is 1.62. The predicted molar refractivity (Wildman–Crippen MR) is 96.0 cm³/mol. The van der Waals surface area contributed by atoms with Crippen molar-refractivity contribution < 1.29 is 9.47 Å². The second-order valence-electron chi connectivity index (χ2n) is 4.98. The topological polar surface area (TPSA) is 31.4 Å². The average Bonchev–Trinajstić information content (AvgIpc) is 2.99. The fraction of sp³-hybridized carbons (Fsp3) is 0.0556. The van der Waals surface area contributed by atoms with Gasteiger partial charge in [0, 0.05) is 15.2 Å². The number of aromatic nitrogens is 1. The second-order valence-corrected chi connectivity index (χ2v) is 6.14. The Kier molecular flexibility index (Phi) is 3.46. The zero-order valence-corrected chi connectivity index (χ0v) is 13.8. The van der Waals surface area contributed by atoms with E-state index in [2.05, 4.69) is 45.8 Å². The maximum atomic E-state index is 5.45. The summed E-state index contributed by atoms with van der Waals surface area (Å²) in [7, 11) is 0. The minimum Gasteiger partial charge on any atom is -0.454 e. The van der Waals surface area contributed by atoms with Crippen molar-refractivity contribution in [3.8, 4) is 11.5 Å². The third kappa shape index (κ3) is 2.43. The summed E-state index contributed by atoms with van der Waals surface area (Å²) in [6, 6.07) is 14.2. The Morgan fingerprint density at radius 2 is 1.73 bits per heavy atom. The van der Waals surface area contributed by atoms with Gasteiger partial charge in [-0.2, -0.15) is 0 Å². The van der Waals surface area contributed by atoms with Gasteiger partial charge in [-0.1, -0.05) is 30.4 Å². The van der Waals surface area contributed by atoms with Crippen LogP contribution in [0.25, 0.3) is 23.1 Å². The van der Waals surface area contributed by atoms with Crippen molar-refractivity contribution in [2.75, 3.05) is 6.79 Å². The van der Waals surface area contributed by atoms with Crippen LogP contribution in [0.5, 0.6) is 11.5 Å². The van der Waals surface area contributed by atoms with E-state index in [-0.39, 0.29) is 0 Å². The molecule has 2 heterocycles. The lowest BCUT2D eigenvalue weighted by Gasteiger charge is -2.03. The largest absolute Gasteiger partial charge is 0.454 e. The van der Waals surface area contributed by atoms with Gasteiger partial charge in [0.15, 0.2) is 11.5 Å². The van der Waals surface area contributed by atoms with Crippen LogP contribution in [-0.2, 0) is 0 Å². The number of nitrogens with zero attached hydrogens (tertiary/aromatic N) is 1. The lowest BCUT2D eigenvalue weighted by molar-refractivity contribution is 0.174. The Bertz CT molecular complexity index is 884. The van der Waals surface area contributed by atoms with Gasteiger partial charge in [-0.15, -0.1) is 0 Å². The van der Waals surface area contributed by atoms with Gasteiger partial charge in [-0.05, 0) is 58.0 Å². The summed E-state index contributed by atoms with van der Waals surface area (Å²) in [6.07, 6.45) is 6.06. The van der Waals surface area contributed by atoms with E-state index in [4.69, 9.17) is 9.47 Å². The summed E-state index contributed by atoms with van der Waals surface area (Å²) >= 11 is 2.32. The molecule has 108 valence electrons. The molecule has 0 aliphatic carbocycles. The van der Waals surface area contributed by atoms with Crippen molar-refractivity contribution in [2.24, 2.45) is 0 Å². The van der Waals surface area contributed by atoms with E-state index in [0.29, 0.717) is 6.79 Å². The zero-order chi connectivity index (χ0) is 14.9. The third-order valence-electron chi connectivity index (χ3n) is 3.62. The van der Waals surface area contributed by atoms with Gasteiger partial charge in [-0.25, -0.2) is 0 Å². The first kappa shape index (κ1) is 13.6. The van der Waals surface area contributed by atoms with Crippen LogP contribution in [0.3, 0.4) is 0 Å². The molecule has 22 heavy (non-hydrogen) atoms. The Hall–Kier alpha value is -2.08. The van der Waals surface area contributed by atoms with Crippen LogP contribution < -0.4 is 9.47 Å². The Labute approximate surface area is 141 Å².